The summed E-state index contributed by atoms with van der Waals surface area (Å²) < 4.78 is 23.4. The van der Waals surface area contributed by atoms with Gasteiger partial charge < -0.3 is 5.32 Å². The normalized spacial score (nSPS) is 11.1. The van der Waals surface area contributed by atoms with Crippen LogP contribution in [0.4, 0.5) is 0 Å². The van der Waals surface area contributed by atoms with Crippen molar-refractivity contribution in [2.75, 3.05) is 13.3 Å². The highest BCUT2D eigenvalue weighted by atomic mass is 35.5. The maximum absolute atomic E-state index is 11.7. The summed E-state index contributed by atoms with van der Waals surface area (Å²) in [4.78, 5) is 0.356. The predicted octanol–water partition coefficient (Wildman–Crippen LogP) is 3.52. The zero-order valence-corrected chi connectivity index (χ0v) is 14.9. The first-order valence-electron chi connectivity index (χ1n) is 6.88. The van der Waals surface area contributed by atoms with E-state index in [4.69, 9.17) is 0 Å². The quantitative estimate of drug-likeness (QED) is 0.927. The number of halogens is 1. The Hall–Kier alpha value is -1.36. The van der Waals surface area contributed by atoms with E-state index in [0.717, 1.165) is 17.7 Å². The third-order valence-electron chi connectivity index (χ3n) is 3.65. The summed E-state index contributed by atoms with van der Waals surface area (Å²) in [5.41, 5.74) is 5.70. The minimum Gasteiger partial charge on any atom is -0.316 e. The second-order valence-electron chi connectivity index (χ2n) is 5.42. The van der Waals surface area contributed by atoms with Crippen LogP contribution in [0.2, 0.25) is 0 Å². The van der Waals surface area contributed by atoms with Gasteiger partial charge in [0.2, 0.25) is 0 Å². The number of aryl methyl sites for hydroxylation is 2. The molecule has 3 nitrogen and oxygen atoms in total. The van der Waals surface area contributed by atoms with Gasteiger partial charge in [0.05, 0.1) is 4.90 Å². The Bertz CT molecular complexity index is 747. The number of nitrogens with one attached hydrogen (secondary N) is 1. The topological polar surface area (TPSA) is 46.2 Å². The maximum Gasteiger partial charge on any atom is 0.175 e. The van der Waals surface area contributed by atoms with E-state index in [-0.39, 0.29) is 12.4 Å². The van der Waals surface area contributed by atoms with Crippen molar-refractivity contribution in [1.82, 2.24) is 5.32 Å². The SMILES string of the molecule is CNCc1c(C)cc(-c2cccc(S(C)(=O)=O)c2)cc1C.Cl. The van der Waals surface area contributed by atoms with Crippen LogP contribution in [0.1, 0.15) is 16.7 Å². The second kappa shape index (κ2) is 7.27. The molecule has 1 N–H and O–H groups in total. The molecule has 0 saturated carbocycles. The molecule has 0 aliphatic carbocycles. The lowest BCUT2D eigenvalue weighted by Gasteiger charge is -2.13. The van der Waals surface area contributed by atoms with Gasteiger partial charge in [-0.05, 0) is 60.8 Å². The van der Waals surface area contributed by atoms with Crippen molar-refractivity contribution in [2.24, 2.45) is 0 Å². The van der Waals surface area contributed by atoms with Gasteiger partial charge in [-0.1, -0.05) is 24.3 Å². The van der Waals surface area contributed by atoms with Crippen molar-refractivity contribution in [1.29, 1.82) is 0 Å². The van der Waals surface area contributed by atoms with Crippen LogP contribution < -0.4 is 5.32 Å². The van der Waals surface area contributed by atoms with Crippen LogP contribution in [0.25, 0.3) is 11.1 Å². The monoisotopic (exact) mass is 339 g/mol. The Labute approximate surface area is 139 Å². The summed E-state index contributed by atoms with van der Waals surface area (Å²) in [6, 6.07) is 11.3. The van der Waals surface area contributed by atoms with Crippen LogP contribution in [-0.2, 0) is 16.4 Å². The van der Waals surface area contributed by atoms with Gasteiger partial charge in [0, 0.05) is 12.8 Å². The fourth-order valence-corrected chi connectivity index (χ4v) is 3.19. The lowest BCUT2D eigenvalue weighted by atomic mass is 9.95. The van der Waals surface area contributed by atoms with Gasteiger partial charge in [-0.15, -0.1) is 12.4 Å². The van der Waals surface area contributed by atoms with E-state index in [9.17, 15) is 8.42 Å². The van der Waals surface area contributed by atoms with Gasteiger partial charge in [0.25, 0.3) is 0 Å². The average molecular weight is 340 g/mol. The number of rotatable bonds is 4. The fourth-order valence-electron chi connectivity index (χ4n) is 2.52. The number of benzene rings is 2. The molecule has 120 valence electrons. The summed E-state index contributed by atoms with van der Waals surface area (Å²) >= 11 is 0. The molecule has 0 aliphatic heterocycles. The molecule has 0 bridgehead atoms. The lowest BCUT2D eigenvalue weighted by Crippen LogP contribution is -2.08. The summed E-state index contributed by atoms with van der Waals surface area (Å²) in [5.74, 6) is 0. The van der Waals surface area contributed by atoms with Crippen LogP contribution in [0.5, 0.6) is 0 Å². The molecule has 0 saturated heterocycles. The fraction of sp³-hybridized carbons (Fsp3) is 0.294. The van der Waals surface area contributed by atoms with Crippen LogP contribution in [0.15, 0.2) is 41.3 Å². The Morgan fingerprint density at radius 1 is 1.00 bits per heavy atom. The highest BCUT2D eigenvalue weighted by Crippen LogP contribution is 2.27. The predicted molar refractivity (Wildman–Crippen MR) is 94.5 cm³/mol. The molecule has 0 aromatic heterocycles. The molecule has 0 atom stereocenters. The molecule has 22 heavy (non-hydrogen) atoms. The largest absolute Gasteiger partial charge is 0.316 e. The first-order valence-corrected chi connectivity index (χ1v) is 8.77. The molecule has 0 fully saturated rings. The highest BCUT2D eigenvalue weighted by molar-refractivity contribution is 7.90. The summed E-state index contributed by atoms with van der Waals surface area (Å²) in [5, 5.41) is 3.17. The summed E-state index contributed by atoms with van der Waals surface area (Å²) in [6.45, 7) is 5.01. The number of sulfone groups is 1. The Morgan fingerprint density at radius 3 is 2.09 bits per heavy atom. The number of hydrogen-bond acceptors (Lipinski definition) is 3. The Kier molecular flexibility index (Phi) is 6.17. The van der Waals surface area contributed by atoms with E-state index < -0.39 is 9.84 Å². The first-order chi connectivity index (χ1) is 9.82. The Morgan fingerprint density at radius 2 is 1.59 bits per heavy atom. The van der Waals surface area contributed by atoms with Crippen LogP contribution in [0, 0.1) is 13.8 Å². The van der Waals surface area contributed by atoms with Gasteiger partial charge in [-0.3, -0.25) is 0 Å². The van der Waals surface area contributed by atoms with Gasteiger partial charge in [-0.25, -0.2) is 8.42 Å². The van der Waals surface area contributed by atoms with Crippen molar-refractivity contribution >= 4 is 22.2 Å². The minimum atomic E-state index is -3.18. The molecule has 0 unspecified atom stereocenters. The van der Waals surface area contributed by atoms with Gasteiger partial charge >= 0.3 is 0 Å². The summed E-state index contributed by atoms with van der Waals surface area (Å²) in [6.07, 6.45) is 1.23. The molecular formula is C17H22ClNO2S. The number of hydrogen-bond donors (Lipinski definition) is 1. The molecule has 2 aromatic carbocycles. The van der Waals surface area contributed by atoms with Crippen molar-refractivity contribution in [2.45, 2.75) is 25.3 Å². The lowest BCUT2D eigenvalue weighted by molar-refractivity contribution is 0.602. The van der Waals surface area contributed by atoms with E-state index in [1.807, 2.05) is 13.1 Å². The van der Waals surface area contributed by atoms with Crippen LogP contribution in [-0.4, -0.2) is 21.7 Å². The third kappa shape index (κ3) is 4.09. The molecule has 0 radical (unpaired) electrons. The van der Waals surface area contributed by atoms with Gasteiger partial charge in [0.15, 0.2) is 9.84 Å². The van der Waals surface area contributed by atoms with Crippen LogP contribution >= 0.6 is 12.4 Å². The van der Waals surface area contributed by atoms with E-state index in [0.29, 0.717) is 4.90 Å². The van der Waals surface area contributed by atoms with E-state index in [1.165, 1.54) is 22.9 Å². The molecule has 0 aliphatic rings. The zero-order chi connectivity index (χ0) is 15.6. The molecule has 2 rings (SSSR count). The van der Waals surface area contributed by atoms with Crippen molar-refractivity contribution in [3.8, 4) is 11.1 Å². The zero-order valence-electron chi connectivity index (χ0n) is 13.3. The molecule has 0 heterocycles. The molecule has 0 spiro atoms. The van der Waals surface area contributed by atoms with E-state index in [2.05, 4.69) is 31.3 Å². The third-order valence-corrected chi connectivity index (χ3v) is 4.76. The minimum absolute atomic E-state index is 0. The van der Waals surface area contributed by atoms with Crippen LogP contribution in [0.3, 0.4) is 0 Å². The van der Waals surface area contributed by atoms with Crippen molar-refractivity contribution < 1.29 is 8.42 Å². The molecule has 2 aromatic rings. The average Bonchev–Trinajstić information content (AvgIpc) is 2.42. The first kappa shape index (κ1) is 18.7. The van der Waals surface area contributed by atoms with E-state index >= 15 is 0 Å². The molecule has 5 heteroatoms. The Balaban J connectivity index is 0.00000242. The van der Waals surface area contributed by atoms with Crippen molar-refractivity contribution in [3.63, 3.8) is 0 Å². The van der Waals surface area contributed by atoms with Crippen molar-refractivity contribution in [3.05, 3.63) is 53.1 Å². The van der Waals surface area contributed by atoms with Gasteiger partial charge in [0.1, 0.15) is 0 Å². The summed E-state index contributed by atoms with van der Waals surface area (Å²) in [7, 11) is -1.25. The van der Waals surface area contributed by atoms with E-state index in [1.54, 1.807) is 18.2 Å². The molecular weight excluding hydrogens is 318 g/mol. The standard InChI is InChI=1S/C17H21NO2S.ClH/c1-12-8-15(9-13(2)17(12)11-18-3)14-6-5-7-16(10-14)21(4,19)20;/h5-10,18H,11H2,1-4H3;1H. The molecule has 0 amide bonds. The highest BCUT2D eigenvalue weighted by Gasteiger charge is 2.10. The van der Waals surface area contributed by atoms with Gasteiger partial charge in [-0.2, -0.15) is 0 Å². The smallest absolute Gasteiger partial charge is 0.175 e. The second-order valence-corrected chi connectivity index (χ2v) is 7.43. The maximum atomic E-state index is 11.7.